The van der Waals surface area contributed by atoms with Gasteiger partial charge in [0.25, 0.3) is 0 Å². The van der Waals surface area contributed by atoms with Crippen LogP contribution in [-0.2, 0) is 31.7 Å². The molecule has 9 heteroatoms. The molecule has 37 heavy (non-hydrogen) atoms. The fourth-order valence-corrected chi connectivity index (χ4v) is 3.90. The number of benzene rings is 2. The minimum absolute atomic E-state index is 0.000803. The lowest BCUT2D eigenvalue weighted by atomic mass is 9.92. The lowest BCUT2D eigenvalue weighted by Crippen LogP contribution is -2.41. The minimum atomic E-state index is -4.51. The summed E-state index contributed by atoms with van der Waals surface area (Å²) in [5.41, 5.74) is 1.08. The molecule has 6 nitrogen and oxygen atoms in total. The maximum atomic E-state index is 13.5. The first kappa shape index (κ1) is 29.3. The first-order valence-electron chi connectivity index (χ1n) is 11.7. The molecule has 0 aliphatic rings. The Morgan fingerprint density at radius 3 is 2.22 bits per heavy atom. The van der Waals surface area contributed by atoms with E-state index in [1.807, 2.05) is 6.07 Å². The van der Waals surface area contributed by atoms with Gasteiger partial charge in [-0.25, -0.2) is 4.79 Å². The molecule has 1 atom stereocenters. The Morgan fingerprint density at radius 2 is 1.70 bits per heavy atom. The van der Waals surface area contributed by atoms with Gasteiger partial charge in [0, 0.05) is 6.42 Å². The van der Waals surface area contributed by atoms with Crippen molar-refractivity contribution in [2.24, 2.45) is 0 Å². The van der Waals surface area contributed by atoms with Crippen molar-refractivity contribution in [1.29, 1.82) is 5.26 Å². The van der Waals surface area contributed by atoms with Crippen LogP contribution in [0.15, 0.2) is 59.7 Å². The molecular formula is C28H29F3N2O4. The Labute approximate surface area is 214 Å². The number of esters is 1. The topological polar surface area (TPSA) is 87.5 Å². The van der Waals surface area contributed by atoms with Crippen LogP contribution in [0.3, 0.4) is 0 Å². The van der Waals surface area contributed by atoms with Gasteiger partial charge in [-0.05, 0) is 63.4 Å². The number of hydrogen-bond donors (Lipinski definition) is 0. The third kappa shape index (κ3) is 8.04. The molecule has 0 aliphatic heterocycles. The Kier molecular flexibility index (Phi) is 10.2. The normalized spacial score (nSPS) is 11.7. The molecule has 2 rings (SSSR count). The summed E-state index contributed by atoms with van der Waals surface area (Å²) >= 11 is 0. The third-order valence-corrected chi connectivity index (χ3v) is 5.57. The molecule has 0 aliphatic carbocycles. The SMILES string of the molecule is CCOC(=O)C(=C(C)C)C(c1ccc(C#N)cc1)N(CC(C)=O)C(=O)CCc1cccc(C(F)(F)F)c1. The molecule has 0 saturated carbocycles. The van der Waals surface area contributed by atoms with Gasteiger partial charge in [-0.1, -0.05) is 35.9 Å². The first-order valence-corrected chi connectivity index (χ1v) is 11.7. The van der Waals surface area contributed by atoms with Gasteiger partial charge in [-0.15, -0.1) is 0 Å². The molecular weight excluding hydrogens is 485 g/mol. The molecule has 0 N–H and O–H groups in total. The second-order valence-corrected chi connectivity index (χ2v) is 8.69. The zero-order chi connectivity index (χ0) is 27.8. The number of alkyl halides is 3. The van der Waals surface area contributed by atoms with Gasteiger partial charge in [0.1, 0.15) is 5.78 Å². The lowest BCUT2D eigenvalue weighted by Gasteiger charge is -2.33. The number of rotatable bonds is 10. The molecule has 2 aromatic rings. The third-order valence-electron chi connectivity index (χ3n) is 5.57. The summed E-state index contributed by atoms with van der Waals surface area (Å²) in [5.74, 6) is -1.52. The van der Waals surface area contributed by atoms with E-state index in [-0.39, 0.29) is 37.3 Å². The fourth-order valence-electron chi connectivity index (χ4n) is 3.90. The number of amides is 1. The summed E-state index contributed by atoms with van der Waals surface area (Å²) in [4.78, 5) is 40.0. The number of halogens is 3. The Balaban J connectivity index is 2.53. The standard InChI is InChI=1S/C28H29F3N2O4/c1-5-37-27(36)25(18(2)3)26(22-12-9-21(16-32)10-13-22)33(17-19(4)34)24(35)14-11-20-7-6-8-23(15-20)28(29,30)31/h6-10,12-13,15,26H,5,11,14,17H2,1-4H3. The molecule has 196 valence electrons. The highest BCUT2D eigenvalue weighted by Crippen LogP contribution is 2.33. The van der Waals surface area contributed by atoms with Crippen molar-refractivity contribution < 1.29 is 32.3 Å². The predicted molar refractivity (Wildman–Crippen MR) is 131 cm³/mol. The summed E-state index contributed by atoms with van der Waals surface area (Å²) in [7, 11) is 0. The number of carbonyl (C=O) groups is 3. The van der Waals surface area contributed by atoms with Crippen LogP contribution in [0.5, 0.6) is 0 Å². The lowest BCUT2D eigenvalue weighted by molar-refractivity contribution is -0.142. The van der Waals surface area contributed by atoms with Crippen molar-refractivity contribution in [2.45, 2.75) is 52.8 Å². The fraction of sp³-hybridized carbons (Fsp3) is 0.357. The van der Waals surface area contributed by atoms with Crippen molar-refractivity contribution in [1.82, 2.24) is 4.90 Å². The summed E-state index contributed by atoms with van der Waals surface area (Å²) in [6.07, 6.45) is -4.71. The molecule has 1 amide bonds. The van der Waals surface area contributed by atoms with Gasteiger partial charge in [0.15, 0.2) is 0 Å². The highest BCUT2D eigenvalue weighted by atomic mass is 19.4. The number of aryl methyl sites for hydroxylation is 1. The highest BCUT2D eigenvalue weighted by Gasteiger charge is 2.34. The summed E-state index contributed by atoms with van der Waals surface area (Å²) < 4.78 is 44.6. The zero-order valence-corrected chi connectivity index (χ0v) is 21.2. The second-order valence-electron chi connectivity index (χ2n) is 8.69. The van der Waals surface area contributed by atoms with Crippen molar-refractivity contribution in [3.63, 3.8) is 0 Å². The van der Waals surface area contributed by atoms with E-state index in [0.29, 0.717) is 22.3 Å². The van der Waals surface area contributed by atoms with Crippen LogP contribution in [0.2, 0.25) is 0 Å². The first-order chi connectivity index (χ1) is 17.4. The molecule has 0 heterocycles. The summed E-state index contributed by atoms with van der Waals surface area (Å²) in [6, 6.07) is 12.0. The zero-order valence-electron chi connectivity index (χ0n) is 21.2. The summed E-state index contributed by atoms with van der Waals surface area (Å²) in [5, 5.41) is 9.17. The van der Waals surface area contributed by atoms with Gasteiger partial charge in [-0.3, -0.25) is 9.59 Å². The average molecular weight is 515 g/mol. The van der Waals surface area contributed by atoms with Crippen molar-refractivity contribution in [3.05, 3.63) is 81.9 Å². The molecule has 1 unspecified atom stereocenters. The number of ether oxygens (including phenoxy) is 1. The van der Waals surface area contributed by atoms with E-state index in [4.69, 9.17) is 4.74 Å². The molecule has 0 fully saturated rings. The van der Waals surface area contributed by atoms with Crippen LogP contribution in [0.25, 0.3) is 0 Å². The number of allylic oxidation sites excluding steroid dienone is 1. The maximum absolute atomic E-state index is 13.5. The van der Waals surface area contributed by atoms with Crippen LogP contribution in [0, 0.1) is 11.3 Å². The molecule has 0 aromatic heterocycles. The molecule has 2 aromatic carbocycles. The van der Waals surface area contributed by atoms with Gasteiger partial charge < -0.3 is 9.64 Å². The molecule has 0 bridgehead atoms. The second kappa shape index (κ2) is 12.9. The van der Waals surface area contributed by atoms with E-state index < -0.39 is 29.7 Å². The van der Waals surface area contributed by atoms with Crippen LogP contribution in [0.4, 0.5) is 13.2 Å². The quantitative estimate of drug-likeness (QED) is 0.306. The number of nitrogens with zero attached hydrogens (tertiary/aromatic N) is 2. The number of hydrogen-bond acceptors (Lipinski definition) is 5. The van der Waals surface area contributed by atoms with E-state index in [9.17, 15) is 32.8 Å². The van der Waals surface area contributed by atoms with Crippen molar-refractivity contribution in [3.8, 4) is 6.07 Å². The van der Waals surface area contributed by atoms with Gasteiger partial charge >= 0.3 is 12.1 Å². The summed E-state index contributed by atoms with van der Waals surface area (Å²) in [6.45, 7) is 6.07. The molecule has 0 radical (unpaired) electrons. The van der Waals surface area contributed by atoms with E-state index in [1.54, 1.807) is 32.9 Å². The van der Waals surface area contributed by atoms with E-state index in [2.05, 4.69) is 0 Å². The van der Waals surface area contributed by atoms with Crippen molar-refractivity contribution in [2.75, 3.05) is 13.2 Å². The van der Waals surface area contributed by atoms with Crippen LogP contribution in [-0.4, -0.2) is 35.7 Å². The highest BCUT2D eigenvalue weighted by molar-refractivity contribution is 5.93. The average Bonchev–Trinajstić information content (AvgIpc) is 2.84. The monoisotopic (exact) mass is 514 g/mol. The van der Waals surface area contributed by atoms with E-state index in [1.165, 1.54) is 36.1 Å². The largest absolute Gasteiger partial charge is 0.463 e. The molecule has 0 spiro atoms. The van der Waals surface area contributed by atoms with Crippen molar-refractivity contribution >= 4 is 17.7 Å². The van der Waals surface area contributed by atoms with E-state index in [0.717, 1.165) is 12.1 Å². The van der Waals surface area contributed by atoms with Gasteiger partial charge in [0.05, 0.1) is 42.0 Å². The number of nitriles is 1. The Morgan fingerprint density at radius 1 is 1.05 bits per heavy atom. The number of carbonyl (C=O) groups excluding carboxylic acids is 3. The van der Waals surface area contributed by atoms with Gasteiger partial charge in [0.2, 0.25) is 5.91 Å². The Hall–Kier alpha value is -3.93. The van der Waals surface area contributed by atoms with Crippen LogP contribution < -0.4 is 0 Å². The molecule has 0 saturated heterocycles. The number of Topliss-reactive ketones (excluding diaryl/α,β-unsaturated/α-hetero) is 1. The smallest absolute Gasteiger partial charge is 0.416 e. The van der Waals surface area contributed by atoms with Gasteiger partial charge in [-0.2, -0.15) is 18.4 Å². The van der Waals surface area contributed by atoms with Crippen LogP contribution >= 0.6 is 0 Å². The number of ketones is 1. The van der Waals surface area contributed by atoms with E-state index >= 15 is 0 Å². The Bertz CT molecular complexity index is 1210. The predicted octanol–water partition coefficient (Wildman–Crippen LogP) is 5.57. The van der Waals surface area contributed by atoms with Crippen LogP contribution in [0.1, 0.15) is 62.4 Å². The minimum Gasteiger partial charge on any atom is -0.463 e. The maximum Gasteiger partial charge on any atom is 0.416 e.